The molecular formula is C9H8F2N2S. The van der Waals surface area contributed by atoms with Gasteiger partial charge in [-0.15, -0.1) is 11.3 Å². The van der Waals surface area contributed by atoms with Gasteiger partial charge in [-0.25, -0.2) is 8.78 Å². The van der Waals surface area contributed by atoms with Gasteiger partial charge in [0, 0.05) is 16.6 Å². The number of anilines is 2. The topological polar surface area (TPSA) is 52.0 Å². The highest BCUT2D eigenvalue weighted by atomic mass is 32.1. The third kappa shape index (κ3) is 1.21. The molecule has 1 aromatic heterocycles. The number of hydrogen-bond acceptors (Lipinski definition) is 3. The summed E-state index contributed by atoms with van der Waals surface area (Å²) in [5.41, 5.74) is 11.5. The molecule has 0 aliphatic heterocycles. The molecule has 2 aromatic rings. The van der Waals surface area contributed by atoms with Crippen molar-refractivity contribution in [2.45, 2.75) is 6.43 Å². The third-order valence-electron chi connectivity index (χ3n) is 2.08. The predicted octanol–water partition coefficient (Wildman–Crippen LogP) is 3.00. The van der Waals surface area contributed by atoms with Crippen LogP contribution in [0.5, 0.6) is 0 Å². The van der Waals surface area contributed by atoms with E-state index in [1.54, 1.807) is 11.4 Å². The van der Waals surface area contributed by atoms with Gasteiger partial charge in [0.05, 0.1) is 10.4 Å². The predicted molar refractivity (Wildman–Crippen MR) is 55.6 cm³/mol. The fraction of sp³-hybridized carbons (Fsp3) is 0.111. The quantitative estimate of drug-likeness (QED) is 0.717. The molecule has 0 bridgehead atoms. The Morgan fingerprint density at radius 3 is 2.64 bits per heavy atom. The Balaban J connectivity index is 2.82. The van der Waals surface area contributed by atoms with Crippen molar-refractivity contribution in [1.82, 2.24) is 0 Å². The minimum Gasteiger partial charge on any atom is -0.398 e. The van der Waals surface area contributed by atoms with Gasteiger partial charge in [-0.05, 0) is 17.5 Å². The summed E-state index contributed by atoms with van der Waals surface area (Å²) < 4.78 is 25.7. The van der Waals surface area contributed by atoms with Crippen LogP contribution < -0.4 is 11.5 Å². The van der Waals surface area contributed by atoms with E-state index < -0.39 is 6.43 Å². The first-order valence-electron chi connectivity index (χ1n) is 3.94. The van der Waals surface area contributed by atoms with Crippen LogP contribution in [-0.4, -0.2) is 0 Å². The molecule has 0 aliphatic rings. The van der Waals surface area contributed by atoms with E-state index in [0.29, 0.717) is 10.4 Å². The van der Waals surface area contributed by atoms with Gasteiger partial charge in [0.1, 0.15) is 0 Å². The summed E-state index contributed by atoms with van der Waals surface area (Å²) >= 11 is 1.32. The van der Waals surface area contributed by atoms with Crippen molar-refractivity contribution < 1.29 is 8.78 Å². The molecule has 0 unspecified atom stereocenters. The van der Waals surface area contributed by atoms with Crippen molar-refractivity contribution in [2.75, 3.05) is 11.5 Å². The number of hydrogen-bond donors (Lipinski definition) is 2. The highest BCUT2D eigenvalue weighted by Crippen LogP contribution is 2.38. The van der Waals surface area contributed by atoms with Crippen LogP contribution in [-0.2, 0) is 0 Å². The molecule has 4 N–H and O–H groups in total. The largest absolute Gasteiger partial charge is 0.398 e. The maximum atomic E-state index is 12.5. The van der Waals surface area contributed by atoms with E-state index >= 15 is 0 Å². The van der Waals surface area contributed by atoms with Crippen molar-refractivity contribution in [2.24, 2.45) is 0 Å². The van der Waals surface area contributed by atoms with Crippen molar-refractivity contribution in [3.05, 3.63) is 23.1 Å². The molecule has 14 heavy (non-hydrogen) atoms. The number of alkyl halides is 2. The van der Waals surface area contributed by atoms with Crippen molar-refractivity contribution in [3.63, 3.8) is 0 Å². The molecule has 1 aromatic carbocycles. The molecule has 0 saturated carbocycles. The Morgan fingerprint density at radius 1 is 1.29 bits per heavy atom. The van der Waals surface area contributed by atoms with E-state index in [2.05, 4.69) is 0 Å². The van der Waals surface area contributed by atoms with Gasteiger partial charge in [0.25, 0.3) is 6.43 Å². The Labute approximate surface area is 83.1 Å². The molecule has 0 spiro atoms. The first-order chi connectivity index (χ1) is 6.61. The lowest BCUT2D eigenvalue weighted by Gasteiger charge is -2.07. The number of halogens is 2. The van der Waals surface area contributed by atoms with Gasteiger partial charge in [-0.1, -0.05) is 0 Å². The molecule has 5 heteroatoms. The van der Waals surface area contributed by atoms with Crippen LogP contribution in [0, 0.1) is 0 Å². The van der Waals surface area contributed by atoms with E-state index in [9.17, 15) is 8.78 Å². The van der Waals surface area contributed by atoms with Gasteiger partial charge in [0.15, 0.2) is 0 Å². The second-order valence-corrected chi connectivity index (χ2v) is 3.85. The standard InChI is InChI=1S/C9H8F2N2S/c10-9(11)5-3-6(12)4-1-2-14-8(4)7(5)13/h1-3,9H,12-13H2. The zero-order chi connectivity index (χ0) is 10.3. The number of rotatable bonds is 1. The molecule has 2 rings (SSSR count). The van der Waals surface area contributed by atoms with Gasteiger partial charge < -0.3 is 11.5 Å². The number of nitrogen functional groups attached to an aromatic ring is 2. The van der Waals surface area contributed by atoms with Crippen LogP contribution in [0.1, 0.15) is 12.0 Å². The fourth-order valence-electron chi connectivity index (χ4n) is 1.38. The van der Waals surface area contributed by atoms with Crippen molar-refractivity contribution >= 4 is 32.8 Å². The Hall–Kier alpha value is -1.36. The SMILES string of the molecule is Nc1cc(C(F)F)c(N)c2sccc12. The number of benzene rings is 1. The summed E-state index contributed by atoms with van der Waals surface area (Å²) in [4.78, 5) is 0. The van der Waals surface area contributed by atoms with E-state index in [-0.39, 0.29) is 11.3 Å². The summed E-state index contributed by atoms with van der Waals surface area (Å²) in [6, 6.07) is 3.02. The van der Waals surface area contributed by atoms with E-state index in [0.717, 1.165) is 5.39 Å². The summed E-state index contributed by atoms with van der Waals surface area (Å²) in [6.45, 7) is 0. The highest BCUT2D eigenvalue weighted by molar-refractivity contribution is 7.18. The maximum Gasteiger partial charge on any atom is 0.265 e. The molecule has 1 heterocycles. The lowest BCUT2D eigenvalue weighted by atomic mass is 10.1. The second-order valence-electron chi connectivity index (χ2n) is 2.93. The molecular weight excluding hydrogens is 206 g/mol. The van der Waals surface area contributed by atoms with Crippen LogP contribution in [0.2, 0.25) is 0 Å². The van der Waals surface area contributed by atoms with Crippen LogP contribution in [0.3, 0.4) is 0 Å². The van der Waals surface area contributed by atoms with E-state index in [1.807, 2.05) is 0 Å². The van der Waals surface area contributed by atoms with Gasteiger partial charge in [0.2, 0.25) is 0 Å². The van der Waals surface area contributed by atoms with E-state index in [4.69, 9.17) is 11.5 Å². The Bertz CT molecular complexity index is 479. The molecule has 0 radical (unpaired) electrons. The van der Waals surface area contributed by atoms with E-state index in [1.165, 1.54) is 17.4 Å². The monoisotopic (exact) mass is 214 g/mol. The average molecular weight is 214 g/mol. The van der Waals surface area contributed by atoms with Crippen LogP contribution in [0.4, 0.5) is 20.2 Å². The molecule has 0 atom stereocenters. The normalized spacial score (nSPS) is 11.4. The summed E-state index contributed by atoms with van der Waals surface area (Å²) in [6.07, 6.45) is -2.58. The third-order valence-corrected chi connectivity index (χ3v) is 3.03. The fourth-order valence-corrected chi connectivity index (χ4v) is 2.28. The molecule has 0 amide bonds. The summed E-state index contributed by atoms with van der Waals surface area (Å²) in [5.74, 6) is 0. The maximum absolute atomic E-state index is 12.5. The van der Waals surface area contributed by atoms with Gasteiger partial charge in [-0.2, -0.15) is 0 Å². The smallest absolute Gasteiger partial charge is 0.265 e. The van der Waals surface area contributed by atoms with Crippen LogP contribution in [0.25, 0.3) is 10.1 Å². The molecule has 0 fully saturated rings. The first-order valence-corrected chi connectivity index (χ1v) is 4.82. The lowest BCUT2D eigenvalue weighted by molar-refractivity contribution is 0.152. The Kier molecular flexibility index (Phi) is 2.03. The number of nitrogens with two attached hydrogens (primary N) is 2. The number of thiophene rings is 1. The van der Waals surface area contributed by atoms with Crippen molar-refractivity contribution in [1.29, 1.82) is 0 Å². The summed E-state index contributed by atoms with van der Waals surface area (Å²) in [5, 5.41) is 2.53. The Morgan fingerprint density at radius 2 is 2.00 bits per heavy atom. The zero-order valence-corrected chi connectivity index (χ0v) is 7.94. The highest BCUT2D eigenvalue weighted by Gasteiger charge is 2.16. The summed E-state index contributed by atoms with van der Waals surface area (Å²) in [7, 11) is 0. The zero-order valence-electron chi connectivity index (χ0n) is 7.13. The molecule has 0 saturated heterocycles. The van der Waals surface area contributed by atoms with Crippen molar-refractivity contribution in [3.8, 4) is 0 Å². The second kappa shape index (κ2) is 3.09. The first kappa shape index (κ1) is 9.21. The van der Waals surface area contributed by atoms with Gasteiger partial charge >= 0.3 is 0 Å². The number of fused-ring (bicyclic) bond motifs is 1. The molecule has 2 nitrogen and oxygen atoms in total. The van der Waals surface area contributed by atoms with Crippen LogP contribution in [0.15, 0.2) is 17.5 Å². The average Bonchev–Trinajstić information content (AvgIpc) is 2.59. The minimum absolute atomic E-state index is 0.138. The van der Waals surface area contributed by atoms with Gasteiger partial charge in [-0.3, -0.25) is 0 Å². The molecule has 0 aliphatic carbocycles. The minimum atomic E-state index is -2.58. The lowest BCUT2D eigenvalue weighted by Crippen LogP contribution is -1.97. The van der Waals surface area contributed by atoms with Crippen LogP contribution >= 0.6 is 11.3 Å². The molecule has 74 valence electrons.